The summed E-state index contributed by atoms with van der Waals surface area (Å²) in [5.41, 5.74) is 2.94. The van der Waals surface area contributed by atoms with Gasteiger partial charge >= 0.3 is 0 Å². The minimum atomic E-state index is -0.934. The number of Topliss-reactive ketones (excluding diaryl/α,β-unsaturated/α-hetero) is 1. The summed E-state index contributed by atoms with van der Waals surface area (Å²) < 4.78 is 5.53. The van der Waals surface area contributed by atoms with E-state index in [1.807, 2.05) is 32.9 Å². The van der Waals surface area contributed by atoms with Crippen LogP contribution in [0.2, 0.25) is 0 Å². The molecule has 1 aliphatic rings. The molecule has 1 aliphatic heterocycles. The fourth-order valence-electron chi connectivity index (χ4n) is 5.12. The largest absolute Gasteiger partial charge is 0.508 e. The number of hydrogen-bond donors (Lipinski definition) is 2. The van der Waals surface area contributed by atoms with Gasteiger partial charge < -0.3 is 19.8 Å². The van der Waals surface area contributed by atoms with Gasteiger partial charge in [0.2, 0.25) is 0 Å². The molecule has 2 N–H and O–H groups in total. The maximum atomic E-state index is 13.5. The van der Waals surface area contributed by atoms with Crippen LogP contribution in [0, 0.1) is 0 Å². The lowest BCUT2D eigenvalue weighted by molar-refractivity contribution is -0.132. The molecule has 204 valence electrons. The first-order valence-corrected chi connectivity index (χ1v) is 13.2. The van der Waals surface area contributed by atoms with E-state index in [-0.39, 0.29) is 22.5 Å². The molecule has 7 heteroatoms. The Labute approximate surface area is 230 Å². The second-order valence-electron chi connectivity index (χ2n) is 10.6. The summed E-state index contributed by atoms with van der Waals surface area (Å²) in [6.07, 6.45) is 0. The van der Waals surface area contributed by atoms with Crippen LogP contribution < -0.4 is 14.5 Å². The van der Waals surface area contributed by atoms with E-state index in [1.165, 1.54) is 17.0 Å². The SMILES string of the molecule is CCN(CC)c1ccc(N2C(=O)C(=O)/C(=C(\O)c3ccc(OC)c(C(C)(C)C)c3)C2c2cccc(O)c2)cc1. The van der Waals surface area contributed by atoms with Gasteiger partial charge in [-0.2, -0.15) is 0 Å². The van der Waals surface area contributed by atoms with Crippen molar-refractivity contribution in [1.29, 1.82) is 0 Å². The molecule has 1 saturated heterocycles. The number of hydrogen-bond acceptors (Lipinski definition) is 6. The van der Waals surface area contributed by atoms with E-state index in [9.17, 15) is 19.8 Å². The Balaban J connectivity index is 1.91. The predicted octanol–water partition coefficient (Wildman–Crippen LogP) is 6.17. The third-order valence-electron chi connectivity index (χ3n) is 7.17. The smallest absolute Gasteiger partial charge is 0.300 e. The maximum absolute atomic E-state index is 13.5. The fourth-order valence-corrected chi connectivity index (χ4v) is 5.12. The van der Waals surface area contributed by atoms with E-state index in [2.05, 4.69) is 18.7 Å². The molecule has 39 heavy (non-hydrogen) atoms. The van der Waals surface area contributed by atoms with Crippen LogP contribution in [0.5, 0.6) is 11.5 Å². The number of methoxy groups -OCH3 is 1. The molecule has 1 fully saturated rings. The molecule has 0 bridgehead atoms. The Morgan fingerprint density at radius 3 is 2.21 bits per heavy atom. The maximum Gasteiger partial charge on any atom is 0.300 e. The molecule has 0 aliphatic carbocycles. The third-order valence-corrected chi connectivity index (χ3v) is 7.17. The van der Waals surface area contributed by atoms with Gasteiger partial charge in [-0.1, -0.05) is 32.9 Å². The van der Waals surface area contributed by atoms with Crippen LogP contribution in [-0.4, -0.2) is 42.1 Å². The lowest BCUT2D eigenvalue weighted by Crippen LogP contribution is -2.29. The first-order valence-electron chi connectivity index (χ1n) is 13.2. The molecule has 0 spiro atoms. The normalized spacial score (nSPS) is 17.0. The summed E-state index contributed by atoms with van der Waals surface area (Å²) in [6, 6.07) is 18.1. The lowest BCUT2D eigenvalue weighted by Gasteiger charge is -2.27. The first-order chi connectivity index (χ1) is 18.5. The van der Waals surface area contributed by atoms with Gasteiger partial charge in [-0.05, 0) is 79.4 Å². The molecule has 0 saturated carbocycles. The number of carbonyl (C=O) groups is 2. The van der Waals surface area contributed by atoms with Crippen LogP contribution >= 0.6 is 0 Å². The van der Waals surface area contributed by atoms with Crippen molar-refractivity contribution in [3.63, 3.8) is 0 Å². The van der Waals surface area contributed by atoms with E-state index in [4.69, 9.17) is 4.74 Å². The summed E-state index contributed by atoms with van der Waals surface area (Å²) in [5, 5.41) is 21.8. The highest BCUT2D eigenvalue weighted by Gasteiger charge is 2.47. The zero-order valence-electron chi connectivity index (χ0n) is 23.4. The molecule has 3 aromatic rings. The zero-order chi connectivity index (χ0) is 28.5. The Hall–Kier alpha value is -4.26. The molecule has 1 heterocycles. The number of carbonyl (C=O) groups excluding carboxylic acids is 2. The number of nitrogens with zero attached hydrogens (tertiary/aromatic N) is 2. The van der Waals surface area contributed by atoms with Crippen LogP contribution in [-0.2, 0) is 15.0 Å². The molecule has 0 aromatic heterocycles. The van der Waals surface area contributed by atoms with Gasteiger partial charge in [0.25, 0.3) is 11.7 Å². The minimum Gasteiger partial charge on any atom is -0.508 e. The Bertz CT molecular complexity index is 1420. The summed E-state index contributed by atoms with van der Waals surface area (Å²) in [7, 11) is 1.59. The number of ketones is 1. The molecule has 1 atom stereocenters. The van der Waals surface area contributed by atoms with Gasteiger partial charge in [0, 0.05) is 35.6 Å². The van der Waals surface area contributed by atoms with E-state index >= 15 is 0 Å². The number of aromatic hydroxyl groups is 1. The van der Waals surface area contributed by atoms with Gasteiger partial charge in [0.05, 0.1) is 18.7 Å². The van der Waals surface area contributed by atoms with Crippen molar-refractivity contribution in [2.45, 2.75) is 46.1 Å². The van der Waals surface area contributed by atoms with Crippen molar-refractivity contribution in [2.75, 3.05) is 30.0 Å². The van der Waals surface area contributed by atoms with Crippen LogP contribution in [0.4, 0.5) is 11.4 Å². The predicted molar refractivity (Wildman–Crippen MR) is 155 cm³/mol. The second-order valence-corrected chi connectivity index (χ2v) is 10.6. The van der Waals surface area contributed by atoms with Crippen molar-refractivity contribution >= 4 is 28.8 Å². The van der Waals surface area contributed by atoms with Crippen LogP contribution in [0.1, 0.15) is 57.4 Å². The summed E-state index contributed by atoms with van der Waals surface area (Å²) >= 11 is 0. The quantitative estimate of drug-likeness (QED) is 0.217. The lowest BCUT2D eigenvalue weighted by atomic mass is 9.84. The fraction of sp³-hybridized carbons (Fsp3) is 0.312. The van der Waals surface area contributed by atoms with E-state index < -0.39 is 17.7 Å². The van der Waals surface area contributed by atoms with Gasteiger partial charge in [-0.25, -0.2) is 0 Å². The minimum absolute atomic E-state index is 0.00515. The second kappa shape index (κ2) is 10.8. The monoisotopic (exact) mass is 528 g/mol. The standard InChI is InChI=1S/C32H36N2O5/c1-7-33(8-2)22-13-15-23(16-14-22)34-28(20-10-9-11-24(35)18-20)27(30(37)31(34)38)29(36)21-12-17-26(39-6)25(19-21)32(3,4)5/h9-19,28,35-36H,7-8H2,1-6H3/b29-27-. The van der Waals surface area contributed by atoms with E-state index in [0.717, 1.165) is 24.3 Å². The van der Waals surface area contributed by atoms with Crippen molar-refractivity contribution in [3.05, 3.63) is 89.0 Å². The highest BCUT2D eigenvalue weighted by atomic mass is 16.5. The number of benzene rings is 3. The molecule has 1 unspecified atom stereocenters. The molecular formula is C32H36N2O5. The van der Waals surface area contributed by atoms with Crippen molar-refractivity contribution < 1.29 is 24.5 Å². The summed E-state index contributed by atoms with van der Waals surface area (Å²) in [5.74, 6) is -1.16. The average molecular weight is 529 g/mol. The summed E-state index contributed by atoms with van der Waals surface area (Å²) in [6.45, 7) is 11.9. The van der Waals surface area contributed by atoms with Crippen LogP contribution in [0.15, 0.2) is 72.3 Å². The van der Waals surface area contributed by atoms with Crippen molar-refractivity contribution in [3.8, 4) is 11.5 Å². The molecule has 0 radical (unpaired) electrons. The number of aliphatic hydroxyl groups is 1. The van der Waals surface area contributed by atoms with Crippen LogP contribution in [0.3, 0.4) is 0 Å². The average Bonchev–Trinajstić information content (AvgIpc) is 3.18. The third kappa shape index (κ3) is 5.21. The molecule has 3 aromatic carbocycles. The van der Waals surface area contributed by atoms with Gasteiger partial charge in [-0.15, -0.1) is 0 Å². The Morgan fingerprint density at radius 1 is 0.974 bits per heavy atom. The zero-order valence-corrected chi connectivity index (χ0v) is 23.4. The van der Waals surface area contributed by atoms with Gasteiger partial charge in [0.1, 0.15) is 17.3 Å². The van der Waals surface area contributed by atoms with Crippen molar-refractivity contribution in [2.24, 2.45) is 0 Å². The number of ether oxygens (including phenoxy) is 1. The van der Waals surface area contributed by atoms with E-state index in [1.54, 1.807) is 49.6 Å². The molecule has 1 amide bonds. The Kier molecular flexibility index (Phi) is 7.72. The highest BCUT2D eigenvalue weighted by molar-refractivity contribution is 6.51. The number of rotatable bonds is 7. The highest BCUT2D eigenvalue weighted by Crippen LogP contribution is 2.44. The van der Waals surface area contributed by atoms with Gasteiger partial charge in [-0.3, -0.25) is 14.5 Å². The first kappa shape index (κ1) is 27.8. The number of phenols is 1. The number of anilines is 2. The topological polar surface area (TPSA) is 90.3 Å². The van der Waals surface area contributed by atoms with Gasteiger partial charge in [0.15, 0.2) is 0 Å². The van der Waals surface area contributed by atoms with E-state index in [0.29, 0.717) is 22.6 Å². The van der Waals surface area contributed by atoms with Crippen LogP contribution in [0.25, 0.3) is 5.76 Å². The summed E-state index contributed by atoms with van der Waals surface area (Å²) in [4.78, 5) is 30.6. The molecular weight excluding hydrogens is 492 g/mol. The number of aliphatic hydroxyl groups excluding tert-OH is 1. The molecule has 4 rings (SSSR count). The number of amides is 1. The molecule has 7 nitrogen and oxygen atoms in total. The Morgan fingerprint density at radius 2 is 1.64 bits per heavy atom. The number of phenolic OH excluding ortho intramolecular Hbond substituents is 1. The van der Waals surface area contributed by atoms with Crippen molar-refractivity contribution in [1.82, 2.24) is 0 Å².